The number of hydrogen-bond donors (Lipinski definition) is 6. The van der Waals surface area contributed by atoms with Gasteiger partial charge in [0.2, 0.25) is 0 Å². The van der Waals surface area contributed by atoms with Crippen molar-refractivity contribution in [1.29, 1.82) is 0 Å². The van der Waals surface area contributed by atoms with Crippen molar-refractivity contribution < 1.29 is 19.5 Å². The molecule has 0 aliphatic rings. The molecule has 0 radical (unpaired) electrons. The minimum absolute atomic E-state index is 0.0548. The van der Waals surface area contributed by atoms with Crippen LogP contribution in [0.15, 0.2) is 69.0 Å². The Morgan fingerprint density at radius 3 is 2.21 bits per heavy atom. The van der Waals surface area contributed by atoms with E-state index >= 15 is 0 Å². The number of carbonyl (C=O) groups excluding carboxylic acids is 2. The number of anilines is 2. The van der Waals surface area contributed by atoms with E-state index in [1.54, 1.807) is 36.4 Å². The number of carboxylic acid groups (broad SMARTS) is 1. The number of carboxylic acids is 1. The molecule has 15 heteroatoms. The molecule has 0 bridgehead atoms. The zero-order chi connectivity index (χ0) is 30.0. The predicted molar refractivity (Wildman–Crippen MR) is 149 cm³/mol. The van der Waals surface area contributed by atoms with Crippen LogP contribution in [0.2, 0.25) is 0 Å². The fraction of sp³-hybridized carbons (Fsp3) is 0.111. The Morgan fingerprint density at radius 1 is 0.857 bits per heavy atom. The van der Waals surface area contributed by atoms with E-state index in [9.17, 15) is 28.8 Å². The topological polar surface area (TPSA) is 231 Å². The van der Waals surface area contributed by atoms with Crippen LogP contribution >= 0.6 is 0 Å². The van der Waals surface area contributed by atoms with E-state index in [1.165, 1.54) is 12.1 Å². The molecule has 0 fully saturated rings. The maximum absolute atomic E-state index is 13.2. The Balaban J connectivity index is 1.28. The summed E-state index contributed by atoms with van der Waals surface area (Å²) in [6, 6.07) is 14.1. The molecule has 0 saturated carbocycles. The van der Waals surface area contributed by atoms with Gasteiger partial charge in [-0.2, -0.15) is 0 Å². The van der Waals surface area contributed by atoms with Gasteiger partial charge in [-0.1, -0.05) is 36.4 Å². The van der Waals surface area contributed by atoms with Gasteiger partial charge in [-0.3, -0.25) is 19.2 Å². The quantitative estimate of drug-likeness (QED) is 0.120. The van der Waals surface area contributed by atoms with Crippen LogP contribution in [0.3, 0.4) is 0 Å². The lowest BCUT2D eigenvalue weighted by molar-refractivity contribution is 0.0696. The molecule has 7 N–H and O–H groups in total. The summed E-state index contributed by atoms with van der Waals surface area (Å²) in [6.07, 6.45) is 0. The number of aromatic amines is 1. The molecule has 0 spiro atoms. The van der Waals surface area contributed by atoms with Crippen LogP contribution < -0.4 is 38.2 Å². The Bertz CT molecular complexity index is 1990. The van der Waals surface area contributed by atoms with Crippen molar-refractivity contribution in [2.24, 2.45) is 0 Å². The number of aromatic carboxylic acids is 1. The molecule has 5 rings (SSSR count). The van der Waals surface area contributed by atoms with Crippen LogP contribution in [-0.4, -0.2) is 42.5 Å². The molecule has 2 amide bonds. The number of aromatic nitrogens is 4. The van der Waals surface area contributed by atoms with Crippen LogP contribution in [0.1, 0.15) is 48.0 Å². The molecule has 3 aromatic carbocycles. The predicted octanol–water partition coefficient (Wildman–Crippen LogP) is -0.234. The zero-order valence-corrected chi connectivity index (χ0v) is 21.6. The van der Waals surface area contributed by atoms with Crippen molar-refractivity contribution in [3.63, 3.8) is 0 Å². The van der Waals surface area contributed by atoms with Crippen LogP contribution in [0, 0.1) is 0 Å². The highest BCUT2D eigenvalue weighted by Gasteiger charge is 2.20. The number of nitrogens with one attached hydrogen (secondary N) is 4. The minimum Gasteiger partial charge on any atom is -0.478 e. The van der Waals surface area contributed by atoms with Crippen molar-refractivity contribution in [2.75, 3.05) is 11.1 Å². The van der Waals surface area contributed by atoms with E-state index in [-0.39, 0.29) is 53.7 Å². The van der Waals surface area contributed by atoms with Gasteiger partial charge >= 0.3 is 11.7 Å². The highest BCUT2D eigenvalue weighted by Crippen LogP contribution is 2.13. The molecule has 212 valence electrons. The van der Waals surface area contributed by atoms with Crippen molar-refractivity contribution in [3.05, 3.63) is 119 Å². The number of H-pyrrole nitrogens is 1. The summed E-state index contributed by atoms with van der Waals surface area (Å²) in [6.45, 7) is 0.327. The van der Waals surface area contributed by atoms with E-state index < -0.39 is 34.3 Å². The van der Waals surface area contributed by atoms with Crippen molar-refractivity contribution in [2.45, 2.75) is 19.6 Å². The average Bonchev–Trinajstić information content (AvgIpc) is 3.38. The second-order valence-electron chi connectivity index (χ2n) is 9.18. The van der Waals surface area contributed by atoms with Crippen molar-refractivity contribution in [3.8, 4) is 0 Å². The lowest BCUT2D eigenvalue weighted by atomic mass is 10.1. The Morgan fingerprint density at radius 2 is 1.52 bits per heavy atom. The molecule has 2 heterocycles. The number of nitrogens with zero attached hydrogens (tertiary/aromatic N) is 3. The Kier molecular flexibility index (Phi) is 7.30. The fourth-order valence-electron chi connectivity index (χ4n) is 4.13. The molecule has 42 heavy (non-hydrogen) atoms. The molecule has 0 atom stereocenters. The van der Waals surface area contributed by atoms with Gasteiger partial charge in [0.05, 0.1) is 5.56 Å². The number of nitrogens with two attached hydrogens (primary N) is 1. The third-order valence-electron chi connectivity index (χ3n) is 6.37. The average molecular weight is 571 g/mol. The van der Waals surface area contributed by atoms with E-state index in [1.807, 2.05) is 0 Å². The molecule has 0 aliphatic heterocycles. The number of fused-ring (bicyclic) bond motifs is 1. The molecule has 0 aliphatic carbocycles. The van der Waals surface area contributed by atoms with Crippen LogP contribution in [0.25, 0.3) is 5.78 Å². The van der Waals surface area contributed by atoms with Gasteiger partial charge in [-0.05, 0) is 34.9 Å². The largest absolute Gasteiger partial charge is 0.478 e. The summed E-state index contributed by atoms with van der Waals surface area (Å²) >= 11 is 0. The van der Waals surface area contributed by atoms with Gasteiger partial charge in [0.15, 0.2) is 0 Å². The normalized spacial score (nSPS) is 11.0. The number of amides is 2. The van der Waals surface area contributed by atoms with Gasteiger partial charge in [0.25, 0.3) is 28.4 Å². The summed E-state index contributed by atoms with van der Waals surface area (Å²) in [5, 5.41) is 23.2. The first-order valence-corrected chi connectivity index (χ1v) is 12.4. The maximum atomic E-state index is 13.2. The first-order valence-electron chi connectivity index (χ1n) is 12.4. The lowest BCUT2D eigenvalue weighted by Gasteiger charge is -2.12. The van der Waals surface area contributed by atoms with Crippen LogP contribution in [-0.2, 0) is 19.6 Å². The SMILES string of the molecule is Nc1c(NCc2cccc(CNC(=O)c3cc(C(=O)NCc4ccc(C(=O)O)cc4)nc4n[nH]c(=O)n34)c2)c(=O)c1=O. The summed E-state index contributed by atoms with van der Waals surface area (Å²) in [5.74, 6) is -2.58. The first kappa shape index (κ1) is 27.4. The van der Waals surface area contributed by atoms with E-state index in [4.69, 9.17) is 10.8 Å². The minimum atomic E-state index is -1.07. The molecule has 2 aromatic heterocycles. The number of benzene rings is 2. The maximum Gasteiger partial charge on any atom is 0.349 e. The van der Waals surface area contributed by atoms with E-state index in [0.29, 0.717) is 11.1 Å². The van der Waals surface area contributed by atoms with E-state index in [2.05, 4.69) is 31.1 Å². The molecule has 5 aromatic rings. The van der Waals surface area contributed by atoms with Crippen molar-refractivity contribution >= 4 is 34.9 Å². The Hall–Kier alpha value is -6.12. The Labute approximate surface area is 234 Å². The smallest absolute Gasteiger partial charge is 0.349 e. The van der Waals surface area contributed by atoms with Crippen LogP contribution in [0.5, 0.6) is 0 Å². The molecule has 0 unspecified atom stereocenters. The molecule has 0 saturated heterocycles. The van der Waals surface area contributed by atoms with Gasteiger partial charge in [-0.25, -0.2) is 24.1 Å². The van der Waals surface area contributed by atoms with E-state index in [0.717, 1.165) is 16.0 Å². The third-order valence-corrected chi connectivity index (χ3v) is 6.37. The third kappa shape index (κ3) is 5.46. The first-order chi connectivity index (χ1) is 20.1. The highest BCUT2D eigenvalue weighted by atomic mass is 16.4. The second kappa shape index (κ2) is 11.2. The zero-order valence-electron chi connectivity index (χ0n) is 21.6. The number of rotatable bonds is 10. The van der Waals surface area contributed by atoms with Crippen molar-refractivity contribution in [1.82, 2.24) is 30.2 Å². The molecular formula is C27H22N8O7. The van der Waals surface area contributed by atoms with Gasteiger partial charge in [0, 0.05) is 19.6 Å². The standard InChI is InChI=1S/C27H22N8O7/c28-19-20(22(37)21(19)36)29-11-14-2-1-3-15(8-14)12-31-24(39)18-9-17(32-26-33-34-27(42)35(18)26)23(38)30-10-13-4-6-16(7-5-13)25(40)41/h1-9,29H,10-12,28H2,(H,30,38)(H,31,39)(H,34,42)(H,40,41). The second-order valence-corrected chi connectivity index (χ2v) is 9.18. The summed E-state index contributed by atoms with van der Waals surface area (Å²) in [4.78, 5) is 76.3. The summed E-state index contributed by atoms with van der Waals surface area (Å²) in [7, 11) is 0. The van der Waals surface area contributed by atoms with Crippen LogP contribution in [0.4, 0.5) is 11.4 Å². The monoisotopic (exact) mass is 570 g/mol. The van der Waals surface area contributed by atoms with Gasteiger partial charge in [0.1, 0.15) is 22.8 Å². The number of nitrogen functional groups attached to an aromatic ring is 1. The summed E-state index contributed by atoms with van der Waals surface area (Å²) < 4.78 is 0.937. The fourth-order valence-corrected chi connectivity index (χ4v) is 4.13. The lowest BCUT2D eigenvalue weighted by Crippen LogP contribution is -2.36. The number of hydrogen-bond acceptors (Lipinski definition) is 10. The summed E-state index contributed by atoms with van der Waals surface area (Å²) in [5.41, 5.74) is 5.22. The van der Waals surface area contributed by atoms with Gasteiger partial charge in [-0.15, -0.1) is 5.10 Å². The highest BCUT2D eigenvalue weighted by molar-refractivity contribution is 5.98. The molecule has 15 nitrogen and oxygen atoms in total. The number of carbonyl (C=O) groups is 3. The van der Waals surface area contributed by atoms with Gasteiger partial charge < -0.3 is 26.8 Å². The molecular weight excluding hydrogens is 548 g/mol.